The summed E-state index contributed by atoms with van der Waals surface area (Å²) in [5.74, 6) is 0. The molecule has 0 radical (unpaired) electrons. The zero-order chi connectivity index (χ0) is 20.2. The molecule has 3 atom stereocenters. The Bertz CT molecular complexity index is 1000. The smallest absolute Gasteiger partial charge is 0.157 e. The molecule has 2 heteroatoms. The van der Waals surface area contributed by atoms with Gasteiger partial charge in [-0.05, 0) is 23.3 Å². The van der Waals surface area contributed by atoms with Crippen LogP contribution in [0.1, 0.15) is 41.5 Å². The minimum atomic E-state index is -0.169. The van der Waals surface area contributed by atoms with Crippen LogP contribution in [0.3, 0.4) is 0 Å². The molecule has 0 N–H and O–H groups in total. The van der Waals surface area contributed by atoms with E-state index in [0.29, 0.717) is 0 Å². The first-order chi connectivity index (χ1) is 14.9. The molecule has 4 aromatic rings. The summed E-state index contributed by atoms with van der Waals surface area (Å²) in [6, 6.07) is 42.8. The topological polar surface area (TPSA) is 12.5 Å². The maximum atomic E-state index is 6.80. The van der Waals surface area contributed by atoms with Crippen molar-refractivity contribution < 1.29 is 4.74 Å². The van der Waals surface area contributed by atoms with Crippen LogP contribution >= 0.6 is 0 Å². The van der Waals surface area contributed by atoms with Crippen molar-refractivity contribution in [2.45, 2.75) is 24.8 Å². The van der Waals surface area contributed by atoms with Gasteiger partial charge in [-0.15, -0.1) is 0 Å². The van der Waals surface area contributed by atoms with Gasteiger partial charge in [-0.2, -0.15) is 0 Å². The predicted molar refractivity (Wildman–Crippen MR) is 122 cm³/mol. The summed E-state index contributed by atoms with van der Waals surface area (Å²) in [5.41, 5.74) is 4.88. The average Bonchev–Trinajstić information content (AvgIpc) is 2.85. The van der Waals surface area contributed by atoms with E-state index in [1.165, 1.54) is 22.4 Å². The molecule has 0 saturated carbocycles. The maximum Gasteiger partial charge on any atom is 0.157 e. The van der Waals surface area contributed by atoms with E-state index >= 15 is 0 Å². The lowest BCUT2D eigenvalue weighted by Crippen LogP contribution is -2.40. The Hall–Kier alpha value is -3.36. The summed E-state index contributed by atoms with van der Waals surface area (Å²) in [4.78, 5) is 2.43. The molecule has 0 amide bonds. The monoisotopic (exact) mass is 391 g/mol. The fourth-order valence-corrected chi connectivity index (χ4v) is 4.38. The lowest BCUT2D eigenvalue weighted by atomic mass is 9.91. The number of para-hydroxylation sites is 1. The molecule has 1 heterocycles. The van der Waals surface area contributed by atoms with Crippen LogP contribution in [0.25, 0.3) is 0 Å². The van der Waals surface area contributed by atoms with Crippen molar-refractivity contribution in [1.29, 1.82) is 0 Å². The Morgan fingerprint density at radius 1 is 0.533 bits per heavy atom. The van der Waals surface area contributed by atoms with Crippen LogP contribution in [-0.4, -0.2) is 0 Å². The molecule has 2 nitrogen and oxygen atoms in total. The molecule has 148 valence electrons. The Labute approximate surface area is 178 Å². The Kier molecular flexibility index (Phi) is 5.32. The van der Waals surface area contributed by atoms with Gasteiger partial charge in [0.05, 0.1) is 12.1 Å². The van der Waals surface area contributed by atoms with E-state index in [1.54, 1.807) is 0 Å². The minimum absolute atomic E-state index is 0.0292. The van der Waals surface area contributed by atoms with Gasteiger partial charge in [0.2, 0.25) is 0 Å². The summed E-state index contributed by atoms with van der Waals surface area (Å²) in [6.07, 6.45) is 0.756. The van der Waals surface area contributed by atoms with Crippen LogP contribution in [-0.2, 0) is 4.74 Å². The first-order valence-electron chi connectivity index (χ1n) is 10.5. The number of hydrogen-bond acceptors (Lipinski definition) is 2. The van der Waals surface area contributed by atoms with Crippen molar-refractivity contribution in [3.05, 3.63) is 138 Å². The number of anilines is 1. The molecule has 5 rings (SSSR count). The average molecular weight is 392 g/mol. The number of nitrogens with zero attached hydrogens (tertiary/aromatic N) is 1. The maximum absolute atomic E-state index is 6.80. The first kappa shape index (κ1) is 18.7. The highest BCUT2D eigenvalue weighted by molar-refractivity contribution is 5.52. The molecule has 0 aliphatic carbocycles. The molecule has 0 bridgehead atoms. The third kappa shape index (κ3) is 3.74. The van der Waals surface area contributed by atoms with E-state index in [9.17, 15) is 0 Å². The molecule has 1 saturated heterocycles. The minimum Gasteiger partial charge on any atom is -0.346 e. The van der Waals surface area contributed by atoms with Gasteiger partial charge in [0.15, 0.2) is 6.23 Å². The molecule has 1 fully saturated rings. The van der Waals surface area contributed by atoms with Crippen molar-refractivity contribution in [3.8, 4) is 0 Å². The number of benzene rings is 4. The van der Waals surface area contributed by atoms with Crippen LogP contribution in [0.15, 0.2) is 121 Å². The first-order valence-corrected chi connectivity index (χ1v) is 10.5. The van der Waals surface area contributed by atoms with Gasteiger partial charge in [-0.3, -0.25) is 0 Å². The molecule has 0 spiro atoms. The lowest BCUT2D eigenvalue weighted by molar-refractivity contribution is -0.0594. The second kappa shape index (κ2) is 8.56. The summed E-state index contributed by atoms with van der Waals surface area (Å²) in [7, 11) is 0. The largest absolute Gasteiger partial charge is 0.346 e. The van der Waals surface area contributed by atoms with E-state index in [-0.39, 0.29) is 18.4 Å². The highest BCUT2D eigenvalue weighted by atomic mass is 16.5. The van der Waals surface area contributed by atoms with Crippen molar-refractivity contribution in [2.24, 2.45) is 0 Å². The number of rotatable bonds is 4. The van der Waals surface area contributed by atoms with Gasteiger partial charge in [-0.25, -0.2) is 0 Å². The molecule has 0 unspecified atom stereocenters. The standard InChI is InChI=1S/C28H25NO/c1-5-13-22(14-6-1)26-21-27(23-15-7-2-8-16-23)30-28(24-17-9-3-10-18-24)29(26)25-19-11-4-12-20-25/h1-20,26-28H,21H2/t26-,27-,28+/m0/s1. The Balaban J connectivity index is 1.64. The van der Waals surface area contributed by atoms with Gasteiger partial charge < -0.3 is 9.64 Å². The molecule has 1 aliphatic heterocycles. The number of ether oxygens (including phenoxy) is 1. The van der Waals surface area contributed by atoms with Crippen LogP contribution in [0.4, 0.5) is 5.69 Å². The van der Waals surface area contributed by atoms with Crippen molar-refractivity contribution >= 4 is 5.69 Å². The van der Waals surface area contributed by atoms with Crippen molar-refractivity contribution in [2.75, 3.05) is 4.90 Å². The second-order valence-corrected chi connectivity index (χ2v) is 7.70. The Morgan fingerprint density at radius 2 is 1.00 bits per heavy atom. The summed E-state index contributed by atoms with van der Waals surface area (Å²) >= 11 is 0. The fourth-order valence-electron chi connectivity index (χ4n) is 4.38. The molecule has 4 aromatic carbocycles. The molecular weight excluding hydrogens is 366 g/mol. The van der Waals surface area contributed by atoms with Crippen LogP contribution in [0.5, 0.6) is 0 Å². The molecule has 30 heavy (non-hydrogen) atoms. The van der Waals surface area contributed by atoms with E-state index in [2.05, 4.69) is 126 Å². The molecular formula is C28H25NO. The van der Waals surface area contributed by atoms with Gasteiger partial charge in [0.25, 0.3) is 0 Å². The fraction of sp³-hybridized carbons (Fsp3) is 0.143. The molecule has 0 aromatic heterocycles. The van der Waals surface area contributed by atoms with Gasteiger partial charge in [0, 0.05) is 17.7 Å². The van der Waals surface area contributed by atoms with Crippen molar-refractivity contribution in [3.63, 3.8) is 0 Å². The van der Waals surface area contributed by atoms with Gasteiger partial charge in [-0.1, -0.05) is 109 Å². The van der Waals surface area contributed by atoms with E-state index in [0.717, 1.165) is 6.42 Å². The summed E-state index contributed by atoms with van der Waals surface area (Å²) < 4.78 is 6.80. The SMILES string of the molecule is c1ccc([C@@H]2C[C@@H](c3ccccc3)N(c3ccccc3)[C@@H](c3ccccc3)O2)cc1. The third-order valence-corrected chi connectivity index (χ3v) is 5.81. The van der Waals surface area contributed by atoms with Crippen LogP contribution in [0, 0.1) is 0 Å². The number of hydrogen-bond donors (Lipinski definition) is 0. The molecule has 1 aliphatic rings. The zero-order valence-electron chi connectivity index (χ0n) is 16.8. The van der Waals surface area contributed by atoms with E-state index in [4.69, 9.17) is 4.74 Å². The van der Waals surface area contributed by atoms with Crippen molar-refractivity contribution in [1.82, 2.24) is 0 Å². The second-order valence-electron chi connectivity index (χ2n) is 7.70. The van der Waals surface area contributed by atoms with Crippen LogP contribution in [0.2, 0.25) is 0 Å². The quantitative estimate of drug-likeness (QED) is 0.368. The van der Waals surface area contributed by atoms with Gasteiger partial charge >= 0.3 is 0 Å². The normalized spacial score (nSPS) is 21.3. The predicted octanol–water partition coefficient (Wildman–Crippen LogP) is 7.09. The van der Waals surface area contributed by atoms with E-state index < -0.39 is 0 Å². The summed E-state index contributed by atoms with van der Waals surface area (Å²) in [5, 5.41) is 0. The zero-order valence-corrected chi connectivity index (χ0v) is 16.8. The highest BCUT2D eigenvalue weighted by Gasteiger charge is 2.38. The van der Waals surface area contributed by atoms with Crippen LogP contribution < -0.4 is 4.90 Å². The van der Waals surface area contributed by atoms with E-state index in [1.807, 2.05) is 0 Å². The lowest BCUT2D eigenvalue weighted by Gasteiger charge is -2.47. The highest BCUT2D eigenvalue weighted by Crippen LogP contribution is 2.48. The summed E-state index contributed by atoms with van der Waals surface area (Å²) in [6.45, 7) is 0. The third-order valence-electron chi connectivity index (χ3n) is 5.81. The Morgan fingerprint density at radius 3 is 1.57 bits per heavy atom. The van der Waals surface area contributed by atoms with Gasteiger partial charge in [0.1, 0.15) is 0 Å².